The van der Waals surface area contributed by atoms with Gasteiger partial charge in [-0.3, -0.25) is 0 Å². The summed E-state index contributed by atoms with van der Waals surface area (Å²) in [5.41, 5.74) is 0. The lowest BCUT2D eigenvalue weighted by Crippen LogP contribution is -1.47. The van der Waals surface area contributed by atoms with E-state index in [2.05, 4.69) is 0 Å². The van der Waals surface area contributed by atoms with Crippen molar-refractivity contribution in [1.29, 1.82) is 0 Å². The first-order valence-electron chi connectivity index (χ1n) is 2.00. The highest BCUT2D eigenvalue weighted by Gasteiger charge is 1.57. The quantitative estimate of drug-likeness (QED) is 0.576. The fraction of sp³-hybridized carbons (Fsp3) is 0. The van der Waals surface area contributed by atoms with Crippen molar-refractivity contribution in [1.82, 2.24) is 6.15 Å². The molecule has 8 heavy (non-hydrogen) atoms. The second-order valence-corrected chi connectivity index (χ2v) is 1.15. The molecule has 2 heteroatoms. The van der Waals surface area contributed by atoms with Crippen LogP contribution in [0.3, 0.4) is 0 Å². The number of halogens is 1. The zero-order valence-electron chi connectivity index (χ0n) is 4.58. The number of hydrogen-bond donors (Lipinski definition) is 1. The van der Waals surface area contributed by atoms with Gasteiger partial charge in [-0.25, -0.2) is 0 Å². The molecule has 0 atom stereocenters. The van der Waals surface area contributed by atoms with Crippen LogP contribution in [0.5, 0.6) is 0 Å². The zero-order chi connectivity index (χ0) is 4.24. The number of hydrogen-bond acceptors (Lipinski definition) is 1. The molecule has 0 amide bonds. The van der Waals surface area contributed by atoms with Crippen LogP contribution in [0, 0.1) is 0 Å². The van der Waals surface area contributed by atoms with Gasteiger partial charge in [-0.05, 0) is 0 Å². The summed E-state index contributed by atoms with van der Waals surface area (Å²) in [6.45, 7) is 0. The SMILES string of the molecule is Cl.N.c1ccccc1. The van der Waals surface area contributed by atoms with Gasteiger partial charge in [0.05, 0.1) is 0 Å². The molecular weight excluding hydrogens is 122 g/mol. The van der Waals surface area contributed by atoms with Gasteiger partial charge in [0.1, 0.15) is 0 Å². The van der Waals surface area contributed by atoms with Gasteiger partial charge in [-0.2, -0.15) is 0 Å². The van der Waals surface area contributed by atoms with Crippen LogP contribution in [0.1, 0.15) is 0 Å². The summed E-state index contributed by atoms with van der Waals surface area (Å²) in [4.78, 5) is 0. The van der Waals surface area contributed by atoms with E-state index in [-0.39, 0.29) is 18.6 Å². The third kappa shape index (κ3) is 3.65. The molecular formula is C6H10ClN. The molecule has 1 rings (SSSR count). The monoisotopic (exact) mass is 131 g/mol. The first-order valence-corrected chi connectivity index (χ1v) is 2.00. The fourth-order valence-electron chi connectivity index (χ4n) is 0.385. The van der Waals surface area contributed by atoms with Crippen LogP contribution >= 0.6 is 12.4 Å². The number of rotatable bonds is 0. The van der Waals surface area contributed by atoms with Gasteiger partial charge in [-0.15, -0.1) is 12.4 Å². The summed E-state index contributed by atoms with van der Waals surface area (Å²) >= 11 is 0. The highest BCUT2D eigenvalue weighted by atomic mass is 35.5. The van der Waals surface area contributed by atoms with Crippen LogP contribution in [0.4, 0.5) is 0 Å². The van der Waals surface area contributed by atoms with Gasteiger partial charge in [-0.1, -0.05) is 36.4 Å². The average Bonchev–Trinajstić information content (AvgIpc) is 1.72. The van der Waals surface area contributed by atoms with Crippen molar-refractivity contribution >= 4 is 12.4 Å². The van der Waals surface area contributed by atoms with Crippen LogP contribution in [-0.4, -0.2) is 0 Å². The Morgan fingerprint density at radius 2 is 0.625 bits per heavy atom. The maximum Gasteiger partial charge on any atom is -0.0623 e. The molecule has 0 spiro atoms. The summed E-state index contributed by atoms with van der Waals surface area (Å²) in [5, 5.41) is 0. The average molecular weight is 132 g/mol. The third-order valence-electron chi connectivity index (χ3n) is 0.667. The van der Waals surface area contributed by atoms with Crippen molar-refractivity contribution < 1.29 is 0 Å². The van der Waals surface area contributed by atoms with E-state index in [0.717, 1.165) is 0 Å². The van der Waals surface area contributed by atoms with Crippen molar-refractivity contribution in [2.75, 3.05) is 0 Å². The predicted octanol–water partition coefficient (Wildman–Crippen LogP) is 2.27. The molecule has 1 nitrogen and oxygen atoms in total. The molecule has 0 saturated heterocycles. The van der Waals surface area contributed by atoms with Gasteiger partial charge < -0.3 is 6.15 Å². The molecule has 0 radical (unpaired) electrons. The van der Waals surface area contributed by atoms with Crippen LogP contribution in [0.15, 0.2) is 36.4 Å². The molecule has 0 aromatic heterocycles. The maximum absolute atomic E-state index is 2.00. The van der Waals surface area contributed by atoms with Crippen LogP contribution < -0.4 is 6.15 Å². The molecule has 1 aromatic carbocycles. The van der Waals surface area contributed by atoms with Gasteiger partial charge in [0.15, 0.2) is 0 Å². The molecule has 0 aliphatic heterocycles. The van der Waals surface area contributed by atoms with E-state index in [0.29, 0.717) is 0 Å². The molecule has 0 aliphatic rings. The van der Waals surface area contributed by atoms with Crippen molar-refractivity contribution in [3.05, 3.63) is 36.4 Å². The first-order chi connectivity index (χ1) is 3.00. The standard InChI is InChI=1S/C6H6.ClH.H3N/c1-2-4-6-5-3-1;;/h1-6H;1H;1H3. The largest absolute Gasteiger partial charge is 0.344 e. The summed E-state index contributed by atoms with van der Waals surface area (Å²) in [5.74, 6) is 0. The minimum atomic E-state index is 0. The van der Waals surface area contributed by atoms with Crippen LogP contribution in [-0.2, 0) is 0 Å². The smallest absolute Gasteiger partial charge is 0.0623 e. The lowest BCUT2D eigenvalue weighted by atomic mass is 10.4. The van der Waals surface area contributed by atoms with Crippen LogP contribution in [0.2, 0.25) is 0 Å². The minimum absolute atomic E-state index is 0. The van der Waals surface area contributed by atoms with Crippen molar-refractivity contribution in [3.8, 4) is 0 Å². The highest BCUT2D eigenvalue weighted by Crippen LogP contribution is 1.79. The van der Waals surface area contributed by atoms with E-state index < -0.39 is 0 Å². The Morgan fingerprint density at radius 1 is 0.500 bits per heavy atom. The molecule has 3 N–H and O–H groups in total. The normalized spacial score (nSPS) is 6.00. The third-order valence-corrected chi connectivity index (χ3v) is 0.667. The Hall–Kier alpha value is -0.530. The second-order valence-electron chi connectivity index (χ2n) is 1.15. The molecule has 0 unspecified atom stereocenters. The molecule has 0 heterocycles. The van der Waals surface area contributed by atoms with Gasteiger partial charge in [0, 0.05) is 0 Å². The molecule has 1 aromatic rings. The second kappa shape index (κ2) is 6.47. The maximum atomic E-state index is 2.00. The first kappa shape index (κ1) is 10.5. The Labute approximate surface area is 55.7 Å². The topological polar surface area (TPSA) is 35.0 Å². The van der Waals surface area contributed by atoms with E-state index in [1.54, 1.807) is 0 Å². The molecule has 46 valence electrons. The van der Waals surface area contributed by atoms with Crippen LogP contribution in [0.25, 0.3) is 0 Å². The molecule has 0 fully saturated rings. The van der Waals surface area contributed by atoms with Crippen molar-refractivity contribution in [2.45, 2.75) is 0 Å². The predicted molar refractivity (Wildman–Crippen MR) is 38.7 cm³/mol. The minimum Gasteiger partial charge on any atom is -0.344 e. The Morgan fingerprint density at radius 3 is 0.750 bits per heavy atom. The fourth-order valence-corrected chi connectivity index (χ4v) is 0.385. The lowest BCUT2D eigenvalue weighted by molar-refractivity contribution is 1.72. The Kier molecular flexibility index (Phi) is 8.45. The van der Waals surface area contributed by atoms with Crippen molar-refractivity contribution in [3.63, 3.8) is 0 Å². The Balaban J connectivity index is 0. The summed E-state index contributed by atoms with van der Waals surface area (Å²) in [7, 11) is 0. The zero-order valence-corrected chi connectivity index (χ0v) is 5.40. The van der Waals surface area contributed by atoms with Gasteiger partial charge in [0.25, 0.3) is 0 Å². The summed E-state index contributed by atoms with van der Waals surface area (Å²) in [6.07, 6.45) is 0. The highest BCUT2D eigenvalue weighted by molar-refractivity contribution is 5.85. The lowest BCUT2D eigenvalue weighted by Gasteiger charge is -1.69. The van der Waals surface area contributed by atoms with E-state index in [9.17, 15) is 0 Å². The van der Waals surface area contributed by atoms with E-state index in [1.807, 2.05) is 36.4 Å². The molecule has 0 aliphatic carbocycles. The van der Waals surface area contributed by atoms with E-state index >= 15 is 0 Å². The summed E-state index contributed by atoms with van der Waals surface area (Å²) in [6, 6.07) is 12.0. The van der Waals surface area contributed by atoms with Crippen molar-refractivity contribution in [2.24, 2.45) is 0 Å². The molecule has 0 saturated carbocycles. The summed E-state index contributed by atoms with van der Waals surface area (Å²) < 4.78 is 0. The van der Waals surface area contributed by atoms with E-state index in [1.165, 1.54) is 0 Å². The Bertz CT molecular complexity index is 80.5. The molecule has 0 bridgehead atoms. The van der Waals surface area contributed by atoms with Gasteiger partial charge >= 0.3 is 0 Å². The van der Waals surface area contributed by atoms with E-state index in [4.69, 9.17) is 0 Å². The van der Waals surface area contributed by atoms with Gasteiger partial charge in [0.2, 0.25) is 0 Å². The number of benzene rings is 1.